The molecule has 29 heavy (non-hydrogen) atoms. The second-order valence-corrected chi connectivity index (χ2v) is 7.12. The van der Waals surface area contributed by atoms with Gasteiger partial charge in [0.1, 0.15) is 11.5 Å². The second kappa shape index (κ2) is 8.45. The zero-order valence-corrected chi connectivity index (χ0v) is 16.6. The molecule has 2 aromatic carbocycles. The van der Waals surface area contributed by atoms with E-state index in [0.717, 1.165) is 46.8 Å². The molecule has 0 aliphatic heterocycles. The minimum atomic E-state index is -0.223. The molecule has 4 rings (SSSR count). The van der Waals surface area contributed by atoms with E-state index in [1.165, 1.54) is 17.7 Å². The highest BCUT2D eigenvalue weighted by molar-refractivity contribution is 5.68. The fraction of sp³-hybridized carbons (Fsp3) is 0.208. The maximum Gasteiger partial charge on any atom is 0.151 e. The third kappa shape index (κ3) is 4.00. The van der Waals surface area contributed by atoms with Gasteiger partial charge in [0.05, 0.1) is 12.5 Å². The average Bonchev–Trinajstić information content (AvgIpc) is 3.41. The average molecular weight is 389 g/mol. The number of hydrogen-bond acceptors (Lipinski definition) is 3. The Hall–Kier alpha value is -3.18. The highest BCUT2D eigenvalue weighted by Crippen LogP contribution is 2.34. The molecule has 4 nitrogen and oxygen atoms in total. The number of halogens is 1. The van der Waals surface area contributed by atoms with Crippen LogP contribution in [-0.4, -0.2) is 23.3 Å². The molecule has 0 aliphatic rings. The Morgan fingerprint density at radius 2 is 1.97 bits per heavy atom. The number of furan rings is 1. The molecular formula is C24H24FN3O. The van der Waals surface area contributed by atoms with Crippen LogP contribution in [0.25, 0.3) is 22.6 Å². The zero-order valence-electron chi connectivity index (χ0n) is 16.6. The molecule has 148 valence electrons. The molecule has 5 heteroatoms. The van der Waals surface area contributed by atoms with Crippen molar-refractivity contribution in [2.45, 2.75) is 19.8 Å². The summed E-state index contributed by atoms with van der Waals surface area (Å²) >= 11 is 0. The molecule has 0 bridgehead atoms. The molecule has 0 amide bonds. The lowest BCUT2D eigenvalue weighted by molar-refractivity contribution is 0.577. The fourth-order valence-electron chi connectivity index (χ4n) is 3.73. The van der Waals surface area contributed by atoms with Crippen molar-refractivity contribution >= 4 is 0 Å². The van der Waals surface area contributed by atoms with Crippen LogP contribution in [0.1, 0.15) is 29.5 Å². The van der Waals surface area contributed by atoms with Gasteiger partial charge in [0.15, 0.2) is 5.76 Å². The van der Waals surface area contributed by atoms with Crippen LogP contribution in [0.2, 0.25) is 0 Å². The summed E-state index contributed by atoms with van der Waals surface area (Å²) in [5, 5.41) is 10.8. The lowest BCUT2D eigenvalue weighted by atomic mass is 9.88. The van der Waals surface area contributed by atoms with Crippen LogP contribution in [0.5, 0.6) is 0 Å². The first-order chi connectivity index (χ1) is 14.2. The standard InChI is InChI=1S/C24H24FN3O/c1-3-26-14-21(22-15-27-28-24(22)23-5-4-12-29-23)18-8-11-20(16(2)13-18)17-6-9-19(25)10-7-17/h4-13,15,21,26H,3,14H2,1-2H3,(H,27,28). The molecule has 0 saturated heterocycles. The van der Waals surface area contributed by atoms with Crippen molar-refractivity contribution in [3.63, 3.8) is 0 Å². The lowest BCUT2D eigenvalue weighted by Crippen LogP contribution is -2.22. The van der Waals surface area contributed by atoms with Crippen molar-refractivity contribution in [2.24, 2.45) is 0 Å². The number of rotatable bonds is 7. The molecule has 1 unspecified atom stereocenters. The summed E-state index contributed by atoms with van der Waals surface area (Å²) < 4.78 is 18.9. The van der Waals surface area contributed by atoms with Crippen LogP contribution in [0.4, 0.5) is 4.39 Å². The van der Waals surface area contributed by atoms with Gasteiger partial charge in [-0.1, -0.05) is 37.3 Å². The fourth-order valence-corrected chi connectivity index (χ4v) is 3.73. The summed E-state index contributed by atoms with van der Waals surface area (Å²) in [6.07, 6.45) is 3.55. The Morgan fingerprint density at radius 3 is 2.66 bits per heavy atom. The topological polar surface area (TPSA) is 53.9 Å². The van der Waals surface area contributed by atoms with Crippen LogP contribution < -0.4 is 5.32 Å². The van der Waals surface area contributed by atoms with Gasteiger partial charge < -0.3 is 9.73 Å². The third-order valence-corrected chi connectivity index (χ3v) is 5.22. The molecule has 1 atom stereocenters. The van der Waals surface area contributed by atoms with Gasteiger partial charge in [0.25, 0.3) is 0 Å². The van der Waals surface area contributed by atoms with Gasteiger partial charge in [-0.3, -0.25) is 5.10 Å². The Balaban J connectivity index is 1.72. The van der Waals surface area contributed by atoms with Gasteiger partial charge in [0.2, 0.25) is 0 Å². The summed E-state index contributed by atoms with van der Waals surface area (Å²) in [7, 11) is 0. The predicted octanol–water partition coefficient (Wildman–Crippen LogP) is 5.53. The first-order valence-electron chi connectivity index (χ1n) is 9.81. The van der Waals surface area contributed by atoms with E-state index in [-0.39, 0.29) is 11.7 Å². The summed E-state index contributed by atoms with van der Waals surface area (Å²) in [4.78, 5) is 0. The van der Waals surface area contributed by atoms with Crippen LogP contribution in [0, 0.1) is 12.7 Å². The predicted molar refractivity (Wildman–Crippen MR) is 113 cm³/mol. The Morgan fingerprint density at radius 1 is 1.14 bits per heavy atom. The number of aromatic amines is 1. The normalized spacial score (nSPS) is 12.2. The number of nitrogens with one attached hydrogen (secondary N) is 2. The summed E-state index contributed by atoms with van der Waals surface area (Å²) in [5.74, 6) is 0.674. The molecule has 0 spiro atoms. The van der Waals surface area contributed by atoms with Crippen molar-refractivity contribution in [1.29, 1.82) is 0 Å². The number of aromatic nitrogens is 2. The van der Waals surface area contributed by atoms with E-state index in [1.54, 1.807) is 6.26 Å². The van der Waals surface area contributed by atoms with Crippen LogP contribution in [0.15, 0.2) is 71.5 Å². The van der Waals surface area contributed by atoms with Crippen molar-refractivity contribution in [1.82, 2.24) is 15.5 Å². The number of aryl methyl sites for hydroxylation is 1. The molecule has 2 heterocycles. The maximum atomic E-state index is 13.3. The second-order valence-electron chi connectivity index (χ2n) is 7.12. The van der Waals surface area contributed by atoms with Gasteiger partial charge in [-0.05, 0) is 60.0 Å². The maximum absolute atomic E-state index is 13.3. The van der Waals surface area contributed by atoms with Crippen molar-refractivity contribution in [2.75, 3.05) is 13.1 Å². The van der Waals surface area contributed by atoms with E-state index in [2.05, 4.69) is 47.6 Å². The Kier molecular flexibility index (Phi) is 5.58. The van der Waals surface area contributed by atoms with Gasteiger partial charge in [-0.25, -0.2) is 4.39 Å². The summed E-state index contributed by atoms with van der Waals surface area (Å²) in [6.45, 7) is 5.87. The molecule has 2 N–H and O–H groups in total. The molecule has 0 fully saturated rings. The number of nitrogens with zero attached hydrogens (tertiary/aromatic N) is 1. The van der Waals surface area contributed by atoms with Gasteiger partial charge in [0, 0.05) is 18.0 Å². The minimum Gasteiger partial charge on any atom is -0.463 e. The van der Waals surface area contributed by atoms with Gasteiger partial charge in [-0.15, -0.1) is 0 Å². The molecule has 0 aliphatic carbocycles. The van der Waals surface area contributed by atoms with Gasteiger partial charge >= 0.3 is 0 Å². The largest absolute Gasteiger partial charge is 0.463 e. The first-order valence-corrected chi connectivity index (χ1v) is 9.81. The van der Waals surface area contributed by atoms with E-state index < -0.39 is 0 Å². The molecule has 4 aromatic rings. The lowest BCUT2D eigenvalue weighted by Gasteiger charge is -2.19. The van der Waals surface area contributed by atoms with E-state index >= 15 is 0 Å². The van der Waals surface area contributed by atoms with E-state index in [1.807, 2.05) is 30.5 Å². The van der Waals surface area contributed by atoms with E-state index in [4.69, 9.17) is 4.42 Å². The number of H-pyrrole nitrogens is 1. The Labute approximate surface area is 169 Å². The van der Waals surface area contributed by atoms with Crippen LogP contribution in [-0.2, 0) is 0 Å². The van der Waals surface area contributed by atoms with Crippen LogP contribution >= 0.6 is 0 Å². The van der Waals surface area contributed by atoms with E-state index in [0.29, 0.717) is 0 Å². The summed E-state index contributed by atoms with van der Waals surface area (Å²) in [6, 6.07) is 16.9. The highest BCUT2D eigenvalue weighted by Gasteiger charge is 2.22. The number of likely N-dealkylation sites (N-methyl/N-ethyl adjacent to an activating group) is 1. The number of benzene rings is 2. The van der Waals surface area contributed by atoms with Crippen LogP contribution in [0.3, 0.4) is 0 Å². The van der Waals surface area contributed by atoms with E-state index in [9.17, 15) is 4.39 Å². The highest BCUT2D eigenvalue weighted by atomic mass is 19.1. The number of hydrogen-bond donors (Lipinski definition) is 2. The first kappa shape index (κ1) is 19.2. The molecular weight excluding hydrogens is 365 g/mol. The van der Waals surface area contributed by atoms with Crippen molar-refractivity contribution in [3.05, 3.63) is 89.6 Å². The molecule has 0 saturated carbocycles. The quantitative estimate of drug-likeness (QED) is 0.437. The molecule has 2 aromatic heterocycles. The summed E-state index contributed by atoms with van der Waals surface area (Å²) in [5.41, 5.74) is 6.46. The van der Waals surface area contributed by atoms with Gasteiger partial charge in [-0.2, -0.15) is 5.10 Å². The monoisotopic (exact) mass is 389 g/mol. The molecule has 0 radical (unpaired) electrons. The minimum absolute atomic E-state index is 0.120. The van der Waals surface area contributed by atoms with Crippen molar-refractivity contribution < 1.29 is 8.81 Å². The van der Waals surface area contributed by atoms with Crippen molar-refractivity contribution in [3.8, 4) is 22.6 Å². The zero-order chi connectivity index (χ0) is 20.2. The smallest absolute Gasteiger partial charge is 0.151 e. The third-order valence-electron chi connectivity index (χ3n) is 5.22. The SMILES string of the molecule is CCNCC(c1ccc(-c2ccc(F)cc2)c(C)c1)c1cn[nH]c1-c1ccco1. The Bertz CT molecular complexity index is 1070.